The zero-order valence-corrected chi connectivity index (χ0v) is 16.9. The number of piperidine rings is 1. The van der Waals surface area contributed by atoms with Crippen LogP contribution in [-0.4, -0.2) is 53.5 Å². The molecule has 0 spiro atoms. The van der Waals surface area contributed by atoms with Gasteiger partial charge in [0.15, 0.2) is 0 Å². The number of carbonyl (C=O) groups is 1. The predicted octanol–water partition coefficient (Wildman–Crippen LogP) is 2.37. The van der Waals surface area contributed by atoms with E-state index in [-0.39, 0.29) is 42.7 Å². The highest BCUT2D eigenvalue weighted by Gasteiger charge is 2.27. The molecule has 144 valence electrons. The van der Waals surface area contributed by atoms with Crippen LogP contribution in [0.1, 0.15) is 33.1 Å². The molecule has 25 heavy (non-hydrogen) atoms. The van der Waals surface area contributed by atoms with Gasteiger partial charge in [-0.15, -0.1) is 24.8 Å². The molecule has 0 bridgehead atoms. The van der Waals surface area contributed by atoms with Crippen molar-refractivity contribution in [3.8, 4) is 0 Å². The van der Waals surface area contributed by atoms with Crippen molar-refractivity contribution < 1.29 is 4.79 Å². The maximum absolute atomic E-state index is 12.6. The third kappa shape index (κ3) is 6.96. The first-order chi connectivity index (χ1) is 11.0. The Kier molecular flexibility index (Phi) is 11.0. The van der Waals surface area contributed by atoms with Crippen LogP contribution in [0.3, 0.4) is 0 Å². The Labute approximate surface area is 163 Å². The highest BCUT2D eigenvalue weighted by atomic mass is 35.5. The third-order valence-electron chi connectivity index (χ3n) is 4.75. The number of amides is 1. The lowest BCUT2D eigenvalue weighted by Gasteiger charge is -2.34. The largest absolute Gasteiger partial charge is 0.355 e. The molecule has 1 atom stereocenters. The molecule has 2 rings (SSSR count). The van der Waals surface area contributed by atoms with Gasteiger partial charge >= 0.3 is 0 Å². The van der Waals surface area contributed by atoms with Crippen molar-refractivity contribution in [2.45, 2.75) is 39.2 Å². The fourth-order valence-electron chi connectivity index (χ4n) is 2.91. The monoisotopic (exact) mass is 391 g/mol. The van der Waals surface area contributed by atoms with E-state index < -0.39 is 0 Å². The fourth-order valence-corrected chi connectivity index (χ4v) is 2.91. The first kappa shape index (κ1) is 23.9. The summed E-state index contributed by atoms with van der Waals surface area (Å²) >= 11 is 0. The second-order valence-corrected chi connectivity index (χ2v) is 6.78. The van der Waals surface area contributed by atoms with Gasteiger partial charge in [0.05, 0.1) is 6.20 Å². The number of aromatic nitrogens is 2. The Balaban J connectivity index is 0.00000288. The van der Waals surface area contributed by atoms with E-state index in [2.05, 4.69) is 28.7 Å². The second-order valence-electron chi connectivity index (χ2n) is 6.78. The molecule has 2 heterocycles. The smallest absolute Gasteiger partial charge is 0.225 e. The van der Waals surface area contributed by atoms with Crippen molar-refractivity contribution in [3.05, 3.63) is 18.6 Å². The summed E-state index contributed by atoms with van der Waals surface area (Å²) < 4.78 is 0. The van der Waals surface area contributed by atoms with Gasteiger partial charge in [0.25, 0.3) is 0 Å². The number of carbonyl (C=O) groups excluding carboxylic acids is 1. The van der Waals surface area contributed by atoms with Crippen LogP contribution in [0.15, 0.2) is 18.6 Å². The van der Waals surface area contributed by atoms with Gasteiger partial charge in [-0.3, -0.25) is 9.78 Å². The molecule has 8 heteroatoms. The molecule has 1 aliphatic rings. The highest BCUT2D eigenvalue weighted by molar-refractivity contribution is 5.85. The molecule has 1 aromatic rings. The van der Waals surface area contributed by atoms with Crippen LogP contribution in [-0.2, 0) is 4.79 Å². The molecule has 0 aliphatic carbocycles. The Hall–Kier alpha value is -1.11. The molecule has 6 nitrogen and oxygen atoms in total. The molecule has 0 saturated carbocycles. The lowest BCUT2D eigenvalue weighted by molar-refractivity contribution is -0.134. The molecule has 1 unspecified atom stereocenters. The molecular weight excluding hydrogens is 361 g/mol. The second kappa shape index (κ2) is 11.5. The molecule has 1 aromatic heterocycles. The van der Waals surface area contributed by atoms with Crippen LogP contribution in [0.4, 0.5) is 5.82 Å². The number of rotatable bonds is 6. The summed E-state index contributed by atoms with van der Waals surface area (Å²) in [4.78, 5) is 25.0. The molecular formula is C17H31Cl2N5O. The van der Waals surface area contributed by atoms with Gasteiger partial charge in [-0.2, -0.15) is 0 Å². The Morgan fingerprint density at radius 1 is 1.32 bits per heavy atom. The summed E-state index contributed by atoms with van der Waals surface area (Å²) in [5.74, 6) is 1.71. The first-order valence-electron chi connectivity index (χ1n) is 8.50. The molecule has 1 aliphatic heterocycles. The fraction of sp³-hybridized carbons (Fsp3) is 0.706. The van der Waals surface area contributed by atoms with Gasteiger partial charge in [0.2, 0.25) is 5.91 Å². The topological polar surface area (TPSA) is 75.3 Å². The number of nitrogens with two attached hydrogens (primary N) is 1. The zero-order chi connectivity index (χ0) is 16.8. The molecule has 1 fully saturated rings. The quantitative estimate of drug-likeness (QED) is 0.805. The lowest BCUT2D eigenvalue weighted by Crippen LogP contribution is -2.42. The van der Waals surface area contributed by atoms with Gasteiger partial charge in [-0.25, -0.2) is 4.98 Å². The summed E-state index contributed by atoms with van der Waals surface area (Å²) in [6.45, 7) is 6.69. The average Bonchev–Trinajstić information content (AvgIpc) is 2.59. The van der Waals surface area contributed by atoms with Crippen molar-refractivity contribution in [2.24, 2.45) is 17.6 Å². The van der Waals surface area contributed by atoms with E-state index in [1.54, 1.807) is 18.6 Å². The standard InChI is InChI=1S/C17H29N5O.2ClH/c1-13(2)15(18)6-9-21(3)17(23)14-4-10-22(11-5-14)16-12-19-7-8-20-16;;/h7-8,12-15H,4-6,9-11,18H2,1-3H3;2*1H. The van der Waals surface area contributed by atoms with Crippen LogP contribution in [0.25, 0.3) is 0 Å². The summed E-state index contributed by atoms with van der Waals surface area (Å²) in [7, 11) is 1.89. The highest BCUT2D eigenvalue weighted by Crippen LogP contribution is 2.22. The minimum atomic E-state index is 0. The molecule has 0 radical (unpaired) electrons. The minimum Gasteiger partial charge on any atom is -0.355 e. The average molecular weight is 392 g/mol. The van der Waals surface area contributed by atoms with Crippen LogP contribution in [0, 0.1) is 11.8 Å². The maximum Gasteiger partial charge on any atom is 0.225 e. The predicted molar refractivity (Wildman–Crippen MR) is 107 cm³/mol. The third-order valence-corrected chi connectivity index (χ3v) is 4.75. The number of nitrogens with zero attached hydrogens (tertiary/aromatic N) is 4. The van der Waals surface area contributed by atoms with E-state index in [0.29, 0.717) is 5.92 Å². The SMILES string of the molecule is CC(C)C(N)CCN(C)C(=O)C1CCN(c2cnccn2)CC1.Cl.Cl. The molecule has 1 amide bonds. The van der Waals surface area contributed by atoms with Gasteiger partial charge in [-0.1, -0.05) is 13.8 Å². The number of hydrogen-bond donors (Lipinski definition) is 1. The first-order valence-corrected chi connectivity index (χ1v) is 8.50. The van der Waals surface area contributed by atoms with Crippen molar-refractivity contribution >= 4 is 36.5 Å². The van der Waals surface area contributed by atoms with E-state index >= 15 is 0 Å². The maximum atomic E-state index is 12.6. The van der Waals surface area contributed by atoms with E-state index in [0.717, 1.165) is 44.7 Å². The molecule has 1 saturated heterocycles. The van der Waals surface area contributed by atoms with Gasteiger partial charge in [0.1, 0.15) is 5.82 Å². The van der Waals surface area contributed by atoms with Crippen LogP contribution in [0.5, 0.6) is 0 Å². The van der Waals surface area contributed by atoms with Crippen LogP contribution >= 0.6 is 24.8 Å². The Bertz CT molecular complexity index is 495. The zero-order valence-electron chi connectivity index (χ0n) is 15.3. The van der Waals surface area contributed by atoms with Gasteiger partial charge in [0, 0.05) is 51.0 Å². The minimum absolute atomic E-state index is 0. The van der Waals surface area contributed by atoms with Gasteiger partial charge in [-0.05, 0) is 25.2 Å². The number of anilines is 1. The summed E-state index contributed by atoms with van der Waals surface area (Å²) in [6, 6.07) is 0.156. The number of halogens is 2. The van der Waals surface area contributed by atoms with E-state index in [1.807, 2.05) is 11.9 Å². The van der Waals surface area contributed by atoms with E-state index in [9.17, 15) is 4.79 Å². The Morgan fingerprint density at radius 2 is 1.96 bits per heavy atom. The van der Waals surface area contributed by atoms with Gasteiger partial charge < -0.3 is 15.5 Å². The van der Waals surface area contributed by atoms with E-state index in [1.165, 1.54) is 0 Å². The van der Waals surface area contributed by atoms with Crippen molar-refractivity contribution in [1.82, 2.24) is 14.9 Å². The summed E-state index contributed by atoms with van der Waals surface area (Å²) in [5.41, 5.74) is 6.07. The normalized spacial score (nSPS) is 16.0. The number of hydrogen-bond acceptors (Lipinski definition) is 5. The summed E-state index contributed by atoms with van der Waals surface area (Å²) in [5, 5.41) is 0. The Morgan fingerprint density at radius 3 is 2.48 bits per heavy atom. The molecule has 0 aromatic carbocycles. The molecule has 2 N–H and O–H groups in total. The van der Waals surface area contributed by atoms with E-state index in [4.69, 9.17) is 5.73 Å². The van der Waals surface area contributed by atoms with Crippen molar-refractivity contribution in [1.29, 1.82) is 0 Å². The lowest BCUT2D eigenvalue weighted by atomic mass is 9.95. The van der Waals surface area contributed by atoms with Crippen LogP contribution in [0.2, 0.25) is 0 Å². The van der Waals surface area contributed by atoms with Crippen molar-refractivity contribution in [3.63, 3.8) is 0 Å². The summed E-state index contributed by atoms with van der Waals surface area (Å²) in [6.07, 6.45) is 7.76. The van der Waals surface area contributed by atoms with Crippen molar-refractivity contribution in [2.75, 3.05) is 31.6 Å². The van der Waals surface area contributed by atoms with Crippen LogP contribution < -0.4 is 10.6 Å².